The van der Waals surface area contributed by atoms with E-state index >= 15 is 0 Å². The van der Waals surface area contributed by atoms with Gasteiger partial charge in [0.25, 0.3) is 0 Å². The van der Waals surface area contributed by atoms with Gasteiger partial charge in [-0.2, -0.15) is 0 Å². The SMILES string of the molecule is CN(CCCNC(=O)Nc1ccc(C(C)(C)C)cc1)C[C@H]1C[C@@H](n2cnc3c(N)ncnc32)[C@@H]2OC(C)(C)O[C@H]12. The molecule has 0 spiro atoms. The molecule has 3 heterocycles. The Morgan fingerprint density at radius 3 is 2.60 bits per heavy atom. The van der Waals surface area contributed by atoms with E-state index in [4.69, 9.17) is 15.2 Å². The standard InChI is InChI=1S/C29H42N8O3/c1-28(2,3)19-8-10-20(11-9-19)35-27(38)31-12-7-13-36(6)15-18-14-21(24-23(18)39-29(4,5)40-24)37-17-34-22-25(30)32-16-33-26(22)37/h8-11,16-18,21,23-24H,7,12-15H2,1-6H3,(H2,30,32,33)(H2,31,35,38)/t18-,21-,23-,24+/m1/s1. The molecule has 1 aromatic carbocycles. The maximum absolute atomic E-state index is 12.4. The summed E-state index contributed by atoms with van der Waals surface area (Å²) < 4.78 is 14.8. The monoisotopic (exact) mass is 550 g/mol. The van der Waals surface area contributed by atoms with E-state index in [0.29, 0.717) is 23.5 Å². The minimum Gasteiger partial charge on any atom is -0.382 e. The van der Waals surface area contributed by atoms with Crippen LogP contribution in [0.15, 0.2) is 36.9 Å². The van der Waals surface area contributed by atoms with Gasteiger partial charge in [-0.25, -0.2) is 19.7 Å². The zero-order valence-electron chi connectivity index (χ0n) is 24.3. The molecule has 40 heavy (non-hydrogen) atoms. The van der Waals surface area contributed by atoms with Gasteiger partial charge in [0.2, 0.25) is 0 Å². The lowest BCUT2D eigenvalue weighted by Gasteiger charge is -2.26. The number of hydrogen-bond acceptors (Lipinski definition) is 8. The highest BCUT2D eigenvalue weighted by atomic mass is 16.8. The number of nitrogens with one attached hydrogen (secondary N) is 2. The third-order valence-electron chi connectivity index (χ3n) is 7.85. The van der Waals surface area contributed by atoms with E-state index in [1.807, 2.05) is 26.0 Å². The van der Waals surface area contributed by atoms with Gasteiger partial charge in [0.05, 0.1) is 18.5 Å². The fourth-order valence-corrected chi connectivity index (χ4v) is 5.89. The Labute approximate surface area is 235 Å². The molecule has 2 aliphatic rings. The Hall–Kier alpha value is -3.28. The highest BCUT2D eigenvalue weighted by molar-refractivity contribution is 5.89. The van der Waals surface area contributed by atoms with Crippen molar-refractivity contribution in [1.82, 2.24) is 29.7 Å². The van der Waals surface area contributed by atoms with Crippen molar-refractivity contribution in [3.05, 3.63) is 42.5 Å². The van der Waals surface area contributed by atoms with Crippen LogP contribution in [0.5, 0.6) is 0 Å². The van der Waals surface area contributed by atoms with E-state index in [9.17, 15) is 4.79 Å². The summed E-state index contributed by atoms with van der Waals surface area (Å²) in [5.41, 5.74) is 9.45. The summed E-state index contributed by atoms with van der Waals surface area (Å²) in [6.07, 6.45) is 4.83. The molecule has 216 valence electrons. The number of carbonyl (C=O) groups excluding carboxylic acids is 1. The van der Waals surface area contributed by atoms with Crippen LogP contribution in [-0.2, 0) is 14.9 Å². The van der Waals surface area contributed by atoms with Gasteiger partial charge in [0, 0.05) is 24.7 Å². The molecule has 0 radical (unpaired) electrons. The zero-order chi connectivity index (χ0) is 28.7. The summed E-state index contributed by atoms with van der Waals surface area (Å²) in [5.74, 6) is -0.00971. The molecule has 1 aliphatic heterocycles. The predicted molar refractivity (Wildman–Crippen MR) is 155 cm³/mol. The molecule has 11 heteroatoms. The van der Waals surface area contributed by atoms with Gasteiger partial charge < -0.3 is 35.3 Å². The van der Waals surface area contributed by atoms with Crippen LogP contribution in [-0.4, -0.2) is 75.1 Å². The van der Waals surface area contributed by atoms with Crippen molar-refractivity contribution in [2.75, 3.05) is 37.7 Å². The third kappa shape index (κ3) is 6.06. The van der Waals surface area contributed by atoms with Crippen LogP contribution < -0.4 is 16.4 Å². The predicted octanol–water partition coefficient (Wildman–Crippen LogP) is 3.93. The van der Waals surface area contributed by atoms with E-state index in [1.165, 1.54) is 11.9 Å². The summed E-state index contributed by atoms with van der Waals surface area (Å²) >= 11 is 0. The first kappa shape index (κ1) is 28.3. The lowest BCUT2D eigenvalue weighted by atomic mass is 9.87. The number of imidazole rings is 1. The highest BCUT2D eigenvalue weighted by Gasteiger charge is 2.54. The first-order chi connectivity index (χ1) is 18.9. The number of rotatable bonds is 8. The van der Waals surface area contributed by atoms with Crippen LogP contribution >= 0.6 is 0 Å². The van der Waals surface area contributed by atoms with Gasteiger partial charge in [-0.3, -0.25) is 0 Å². The van der Waals surface area contributed by atoms with Crippen LogP contribution in [0.25, 0.3) is 11.2 Å². The normalized spacial score (nSPS) is 24.0. The lowest BCUT2D eigenvalue weighted by molar-refractivity contribution is -0.160. The summed E-state index contributed by atoms with van der Waals surface area (Å²) in [6.45, 7) is 12.7. The van der Waals surface area contributed by atoms with Crippen LogP contribution in [0.3, 0.4) is 0 Å². The molecule has 1 aliphatic carbocycles. The molecule has 1 saturated carbocycles. The van der Waals surface area contributed by atoms with E-state index in [0.717, 1.165) is 31.6 Å². The van der Waals surface area contributed by atoms with E-state index in [1.54, 1.807) is 6.33 Å². The number of fused-ring (bicyclic) bond motifs is 2. The molecule has 3 aromatic rings. The average molecular weight is 551 g/mol. The van der Waals surface area contributed by atoms with Crippen molar-refractivity contribution in [3.63, 3.8) is 0 Å². The lowest BCUT2D eigenvalue weighted by Crippen LogP contribution is -2.36. The molecule has 0 bridgehead atoms. The molecule has 5 rings (SSSR count). The Kier molecular flexibility index (Phi) is 7.73. The molecular weight excluding hydrogens is 508 g/mol. The molecule has 11 nitrogen and oxygen atoms in total. The second-order valence-electron chi connectivity index (χ2n) is 12.5. The van der Waals surface area contributed by atoms with Gasteiger partial charge >= 0.3 is 6.03 Å². The quantitative estimate of drug-likeness (QED) is 0.360. The summed E-state index contributed by atoms with van der Waals surface area (Å²) in [5, 5.41) is 5.88. The molecule has 2 amide bonds. The minimum absolute atomic E-state index is 0.0345. The van der Waals surface area contributed by atoms with Crippen molar-refractivity contribution < 1.29 is 14.3 Å². The molecule has 1 saturated heterocycles. The Morgan fingerprint density at radius 2 is 1.88 bits per heavy atom. The number of ether oxygens (including phenoxy) is 2. The second kappa shape index (κ2) is 10.9. The van der Waals surface area contributed by atoms with Crippen molar-refractivity contribution in [2.45, 2.75) is 76.9 Å². The topological polar surface area (TPSA) is 132 Å². The van der Waals surface area contributed by atoms with E-state index < -0.39 is 5.79 Å². The Morgan fingerprint density at radius 1 is 1.15 bits per heavy atom. The van der Waals surface area contributed by atoms with Gasteiger partial charge in [-0.05, 0) is 63.4 Å². The zero-order valence-corrected chi connectivity index (χ0v) is 24.3. The van der Waals surface area contributed by atoms with Crippen molar-refractivity contribution in [3.8, 4) is 0 Å². The number of nitrogen functional groups attached to an aromatic ring is 1. The molecule has 4 N–H and O–H groups in total. The number of aromatic nitrogens is 4. The number of carbonyl (C=O) groups is 1. The number of urea groups is 1. The first-order valence-electron chi connectivity index (χ1n) is 14.0. The van der Waals surface area contributed by atoms with E-state index in [-0.39, 0.29) is 35.6 Å². The van der Waals surface area contributed by atoms with Crippen LogP contribution in [0.4, 0.5) is 16.3 Å². The number of nitrogens with two attached hydrogens (primary N) is 1. The number of amides is 2. The summed E-state index contributed by atoms with van der Waals surface area (Å²) in [6, 6.07) is 7.85. The molecule has 2 aromatic heterocycles. The third-order valence-corrected chi connectivity index (χ3v) is 7.85. The maximum atomic E-state index is 12.4. The van der Waals surface area contributed by atoms with Crippen molar-refractivity contribution in [1.29, 1.82) is 0 Å². The van der Waals surface area contributed by atoms with Crippen LogP contribution in [0.2, 0.25) is 0 Å². The summed E-state index contributed by atoms with van der Waals surface area (Å²) in [4.78, 5) is 27.7. The fourth-order valence-electron chi connectivity index (χ4n) is 5.89. The maximum Gasteiger partial charge on any atom is 0.319 e. The smallest absolute Gasteiger partial charge is 0.319 e. The summed E-state index contributed by atoms with van der Waals surface area (Å²) in [7, 11) is 2.11. The minimum atomic E-state index is -0.653. The first-order valence-corrected chi connectivity index (χ1v) is 14.0. The molecule has 0 unspecified atom stereocenters. The highest BCUT2D eigenvalue weighted by Crippen LogP contribution is 2.47. The van der Waals surface area contributed by atoms with Crippen molar-refractivity contribution >= 4 is 28.7 Å². The molecule has 2 fully saturated rings. The van der Waals surface area contributed by atoms with Crippen LogP contribution in [0.1, 0.15) is 59.1 Å². The van der Waals surface area contributed by atoms with E-state index in [2.05, 4.69) is 75.0 Å². The van der Waals surface area contributed by atoms with Gasteiger partial charge in [0.15, 0.2) is 17.3 Å². The Bertz CT molecular complexity index is 1330. The molecular formula is C29H42N8O3. The number of hydrogen-bond donors (Lipinski definition) is 3. The number of nitrogens with zero attached hydrogens (tertiary/aromatic N) is 5. The Balaban J connectivity index is 1.12. The average Bonchev–Trinajstić information content (AvgIpc) is 3.54. The number of anilines is 2. The van der Waals surface area contributed by atoms with Gasteiger partial charge in [0.1, 0.15) is 17.9 Å². The second-order valence-corrected chi connectivity index (χ2v) is 12.5. The largest absolute Gasteiger partial charge is 0.382 e. The number of benzene rings is 1. The van der Waals surface area contributed by atoms with Gasteiger partial charge in [-0.1, -0.05) is 32.9 Å². The molecule has 4 atom stereocenters. The van der Waals surface area contributed by atoms with Crippen molar-refractivity contribution in [2.24, 2.45) is 5.92 Å². The van der Waals surface area contributed by atoms with Crippen LogP contribution in [0, 0.1) is 5.92 Å². The fraction of sp³-hybridized carbons (Fsp3) is 0.586. The van der Waals surface area contributed by atoms with Gasteiger partial charge in [-0.15, -0.1) is 0 Å².